The maximum absolute atomic E-state index is 11.9. The number of halogens is 1. The molecular formula is C14H19ClO3. The molecular weight excluding hydrogens is 252 g/mol. The normalized spacial score (nSPS) is 56.6. The lowest BCUT2D eigenvalue weighted by Crippen LogP contribution is -2.54. The highest BCUT2D eigenvalue weighted by Crippen LogP contribution is 2.84. The van der Waals surface area contributed by atoms with Gasteiger partial charge in [-0.25, -0.2) is 0 Å². The average molecular weight is 271 g/mol. The Kier molecular flexibility index (Phi) is 2.20. The molecule has 4 fully saturated rings. The number of carbonyl (C=O) groups is 1. The lowest BCUT2D eigenvalue weighted by atomic mass is 9.62. The van der Waals surface area contributed by atoms with Crippen LogP contribution >= 0.6 is 11.6 Å². The molecule has 3 aliphatic carbocycles. The third-order valence-electron chi connectivity index (χ3n) is 6.10. The summed E-state index contributed by atoms with van der Waals surface area (Å²) in [5.41, 5.74) is 0.0881. The minimum Gasteiger partial charge on any atom is -0.469 e. The van der Waals surface area contributed by atoms with E-state index in [1.807, 2.05) is 0 Å². The van der Waals surface area contributed by atoms with Gasteiger partial charge in [-0.2, -0.15) is 0 Å². The van der Waals surface area contributed by atoms with E-state index in [9.17, 15) is 4.79 Å². The van der Waals surface area contributed by atoms with E-state index in [1.165, 1.54) is 20.0 Å². The fourth-order valence-corrected chi connectivity index (χ4v) is 5.99. The number of carbonyl (C=O) groups excluding carboxylic acids is 1. The zero-order valence-corrected chi connectivity index (χ0v) is 11.4. The van der Waals surface area contributed by atoms with Crippen molar-refractivity contribution in [1.82, 2.24) is 0 Å². The number of methoxy groups -OCH3 is 1. The molecule has 0 aromatic carbocycles. The number of hydrogen-bond donors (Lipinski definition) is 0. The van der Waals surface area contributed by atoms with Gasteiger partial charge in [0, 0.05) is 17.4 Å². The molecule has 4 rings (SSSR count). The van der Waals surface area contributed by atoms with Crippen molar-refractivity contribution in [3.05, 3.63) is 0 Å². The van der Waals surface area contributed by atoms with Gasteiger partial charge in [0.25, 0.3) is 0 Å². The molecule has 3 saturated carbocycles. The van der Waals surface area contributed by atoms with Gasteiger partial charge in [0.1, 0.15) is 0 Å². The van der Waals surface area contributed by atoms with E-state index in [1.54, 1.807) is 0 Å². The van der Waals surface area contributed by atoms with Crippen LogP contribution in [0.3, 0.4) is 0 Å². The Morgan fingerprint density at radius 2 is 2.28 bits per heavy atom. The predicted molar refractivity (Wildman–Crippen MR) is 66.3 cm³/mol. The Bertz CT molecular complexity index is 404. The monoisotopic (exact) mass is 270 g/mol. The number of ether oxygens (including phenoxy) is 2. The van der Waals surface area contributed by atoms with E-state index in [0.717, 1.165) is 25.9 Å². The summed E-state index contributed by atoms with van der Waals surface area (Å²) in [6.45, 7) is 0.884. The highest BCUT2D eigenvalue weighted by molar-refractivity contribution is 6.22. The summed E-state index contributed by atoms with van der Waals surface area (Å²) >= 11 is 6.47. The maximum Gasteiger partial charge on any atom is 0.309 e. The molecule has 100 valence electrons. The van der Waals surface area contributed by atoms with Crippen LogP contribution in [0, 0.1) is 23.2 Å². The minimum absolute atomic E-state index is 0.0337. The Morgan fingerprint density at radius 3 is 2.83 bits per heavy atom. The van der Waals surface area contributed by atoms with Gasteiger partial charge < -0.3 is 9.47 Å². The maximum atomic E-state index is 11.9. The van der Waals surface area contributed by atoms with Crippen molar-refractivity contribution >= 4 is 17.6 Å². The fourth-order valence-electron chi connectivity index (χ4n) is 5.36. The molecule has 4 heteroatoms. The largest absolute Gasteiger partial charge is 0.469 e. The zero-order chi connectivity index (χ0) is 12.5. The van der Waals surface area contributed by atoms with Gasteiger partial charge in [-0.05, 0) is 43.9 Å². The van der Waals surface area contributed by atoms with Crippen LogP contribution in [0.15, 0.2) is 0 Å². The predicted octanol–water partition coefficient (Wildman–Crippen LogP) is 2.36. The summed E-state index contributed by atoms with van der Waals surface area (Å²) in [6.07, 6.45) is 5.64. The number of fused-ring (bicyclic) bond motifs is 1. The molecule has 6 atom stereocenters. The summed E-state index contributed by atoms with van der Waals surface area (Å²) in [5, 5.41) is 0.154. The van der Waals surface area contributed by atoms with Crippen molar-refractivity contribution in [3.63, 3.8) is 0 Å². The first-order valence-corrected chi connectivity index (χ1v) is 7.46. The lowest BCUT2D eigenvalue weighted by Gasteiger charge is -2.51. The molecule has 0 bridgehead atoms. The van der Waals surface area contributed by atoms with Crippen LogP contribution in [0.1, 0.15) is 32.1 Å². The zero-order valence-electron chi connectivity index (χ0n) is 10.7. The summed E-state index contributed by atoms with van der Waals surface area (Å²) < 4.78 is 11.1. The van der Waals surface area contributed by atoms with Crippen LogP contribution in [0.5, 0.6) is 0 Å². The molecule has 2 spiro atoms. The first-order valence-electron chi connectivity index (χ1n) is 7.02. The Balaban J connectivity index is 1.63. The molecule has 0 amide bonds. The van der Waals surface area contributed by atoms with Gasteiger partial charge in [0.2, 0.25) is 0 Å². The van der Waals surface area contributed by atoms with Crippen LogP contribution in [0.25, 0.3) is 0 Å². The van der Waals surface area contributed by atoms with E-state index in [0.29, 0.717) is 11.8 Å². The summed E-state index contributed by atoms with van der Waals surface area (Å²) in [7, 11) is 1.48. The average Bonchev–Trinajstić information content (AvgIpc) is 3.01. The highest BCUT2D eigenvalue weighted by atomic mass is 35.5. The van der Waals surface area contributed by atoms with E-state index in [4.69, 9.17) is 21.1 Å². The quantitative estimate of drug-likeness (QED) is 0.542. The van der Waals surface area contributed by atoms with Gasteiger partial charge in [-0.15, -0.1) is 11.6 Å². The third-order valence-corrected chi connectivity index (χ3v) is 6.66. The summed E-state index contributed by atoms with van der Waals surface area (Å²) in [5.74, 6) is 0.923. The van der Waals surface area contributed by atoms with Gasteiger partial charge in [0.05, 0.1) is 18.6 Å². The van der Waals surface area contributed by atoms with Crippen molar-refractivity contribution in [2.24, 2.45) is 23.2 Å². The molecule has 18 heavy (non-hydrogen) atoms. The SMILES string of the molecule is COC(=O)C1C2CC3(CCCCO3)C3CC(Cl)C213. The molecule has 6 unspecified atom stereocenters. The molecule has 1 heterocycles. The van der Waals surface area contributed by atoms with Crippen LogP contribution in [0.2, 0.25) is 0 Å². The van der Waals surface area contributed by atoms with E-state index in [-0.39, 0.29) is 28.3 Å². The second kappa shape index (κ2) is 3.43. The fraction of sp³-hybridized carbons (Fsp3) is 0.929. The smallest absolute Gasteiger partial charge is 0.309 e. The molecule has 0 aromatic heterocycles. The molecule has 1 saturated heterocycles. The van der Waals surface area contributed by atoms with E-state index >= 15 is 0 Å². The van der Waals surface area contributed by atoms with Gasteiger partial charge in [0.15, 0.2) is 0 Å². The van der Waals surface area contributed by atoms with Crippen molar-refractivity contribution in [2.45, 2.75) is 43.1 Å². The number of hydrogen-bond acceptors (Lipinski definition) is 3. The van der Waals surface area contributed by atoms with E-state index < -0.39 is 0 Å². The minimum atomic E-state index is -0.0546. The van der Waals surface area contributed by atoms with Crippen LogP contribution in [-0.2, 0) is 14.3 Å². The van der Waals surface area contributed by atoms with Crippen molar-refractivity contribution < 1.29 is 14.3 Å². The van der Waals surface area contributed by atoms with Crippen LogP contribution in [-0.4, -0.2) is 30.7 Å². The highest BCUT2D eigenvalue weighted by Gasteiger charge is 2.87. The summed E-state index contributed by atoms with van der Waals surface area (Å²) in [6, 6.07) is 0. The topological polar surface area (TPSA) is 35.5 Å². The van der Waals surface area contributed by atoms with Crippen molar-refractivity contribution in [1.29, 1.82) is 0 Å². The second-order valence-corrected chi connectivity index (χ2v) is 6.96. The van der Waals surface area contributed by atoms with E-state index in [2.05, 4.69) is 0 Å². The first kappa shape index (κ1) is 11.5. The van der Waals surface area contributed by atoms with Crippen molar-refractivity contribution in [3.8, 4) is 0 Å². The molecule has 0 radical (unpaired) electrons. The first-order chi connectivity index (χ1) is 8.67. The van der Waals surface area contributed by atoms with Crippen LogP contribution < -0.4 is 0 Å². The molecule has 4 aliphatic rings. The number of esters is 1. The van der Waals surface area contributed by atoms with Gasteiger partial charge in [-0.1, -0.05) is 0 Å². The second-order valence-electron chi connectivity index (χ2n) is 6.44. The molecule has 0 N–H and O–H groups in total. The standard InChI is InChI=1S/C14H19ClO3/c1-17-12(16)11-8-7-13(4-2-3-5-18-13)9-6-10(15)14(8,9)11/h8-11H,2-7H2,1H3. The third kappa shape index (κ3) is 1.06. The van der Waals surface area contributed by atoms with Gasteiger partial charge >= 0.3 is 5.97 Å². The van der Waals surface area contributed by atoms with Crippen LogP contribution in [0.4, 0.5) is 0 Å². The number of alkyl halides is 1. The molecule has 1 aliphatic heterocycles. The lowest BCUT2D eigenvalue weighted by molar-refractivity contribution is -0.160. The molecule has 0 aromatic rings. The molecule has 3 nitrogen and oxygen atoms in total. The Morgan fingerprint density at radius 1 is 1.44 bits per heavy atom. The Hall–Kier alpha value is -0.280. The number of rotatable bonds is 1. The van der Waals surface area contributed by atoms with Crippen molar-refractivity contribution in [2.75, 3.05) is 13.7 Å². The Labute approximate surface area is 112 Å². The summed E-state index contributed by atoms with van der Waals surface area (Å²) in [4.78, 5) is 11.9. The van der Waals surface area contributed by atoms with Gasteiger partial charge in [-0.3, -0.25) is 4.79 Å².